The number of aliphatic imine (C=N–C) groups is 1. The van der Waals surface area contributed by atoms with Crippen molar-refractivity contribution in [1.29, 1.82) is 0 Å². The number of aryl methyl sites for hydroxylation is 1. The van der Waals surface area contributed by atoms with Gasteiger partial charge in [-0.25, -0.2) is 0 Å². The van der Waals surface area contributed by atoms with Crippen LogP contribution in [0.5, 0.6) is 0 Å². The van der Waals surface area contributed by atoms with Crippen LogP contribution < -0.4 is 10.6 Å². The zero-order chi connectivity index (χ0) is 16.9. The second-order valence-electron chi connectivity index (χ2n) is 5.35. The normalized spacial score (nSPS) is 12.7. The fourth-order valence-electron chi connectivity index (χ4n) is 2.43. The van der Waals surface area contributed by atoms with Crippen molar-refractivity contribution in [2.24, 2.45) is 4.99 Å². The summed E-state index contributed by atoms with van der Waals surface area (Å²) in [6.07, 6.45) is -2.31. The number of nitrogens with zero attached hydrogens (tertiary/aromatic N) is 1. The van der Waals surface area contributed by atoms with E-state index in [0.29, 0.717) is 12.5 Å². The Morgan fingerprint density at radius 1 is 1.22 bits per heavy atom. The Labute approximate surface area is 133 Å². The predicted molar refractivity (Wildman–Crippen MR) is 86.8 cm³/mol. The van der Waals surface area contributed by atoms with Crippen LogP contribution in [0.1, 0.15) is 17.5 Å². The standard InChI is InChI=1S/C16H21F3N4/c1-11-4-3-5-13-12(10-23-14(11)13)6-8-21-15(20-2)22-9-7-16(17,18)19/h3-5,10,23H,6-9H2,1-2H3,(H2,20,21,22). The van der Waals surface area contributed by atoms with Crippen molar-refractivity contribution in [1.82, 2.24) is 15.6 Å². The Morgan fingerprint density at radius 2 is 1.96 bits per heavy atom. The van der Waals surface area contributed by atoms with Gasteiger partial charge in [-0.05, 0) is 24.5 Å². The second-order valence-corrected chi connectivity index (χ2v) is 5.35. The molecule has 4 nitrogen and oxygen atoms in total. The number of aromatic nitrogens is 1. The van der Waals surface area contributed by atoms with E-state index in [1.54, 1.807) is 0 Å². The summed E-state index contributed by atoms with van der Waals surface area (Å²) in [6, 6.07) is 6.12. The van der Waals surface area contributed by atoms with Crippen LogP contribution in [-0.2, 0) is 6.42 Å². The molecule has 0 saturated carbocycles. The Morgan fingerprint density at radius 3 is 2.65 bits per heavy atom. The highest BCUT2D eigenvalue weighted by atomic mass is 19.4. The fraction of sp³-hybridized carbons (Fsp3) is 0.438. The molecule has 0 spiro atoms. The maximum atomic E-state index is 12.1. The van der Waals surface area contributed by atoms with Gasteiger partial charge in [0.2, 0.25) is 0 Å². The average Bonchev–Trinajstić information content (AvgIpc) is 2.89. The monoisotopic (exact) mass is 326 g/mol. The van der Waals surface area contributed by atoms with Crippen LogP contribution >= 0.6 is 0 Å². The zero-order valence-electron chi connectivity index (χ0n) is 13.2. The molecule has 0 aliphatic heterocycles. The van der Waals surface area contributed by atoms with Crippen molar-refractivity contribution >= 4 is 16.9 Å². The molecule has 0 atom stereocenters. The summed E-state index contributed by atoms with van der Waals surface area (Å²) in [5, 5.41) is 6.87. The van der Waals surface area contributed by atoms with Gasteiger partial charge in [0.1, 0.15) is 0 Å². The van der Waals surface area contributed by atoms with E-state index in [1.807, 2.05) is 25.3 Å². The van der Waals surface area contributed by atoms with Gasteiger partial charge in [0.25, 0.3) is 0 Å². The molecular weight excluding hydrogens is 305 g/mol. The Kier molecular flexibility index (Phi) is 5.52. The van der Waals surface area contributed by atoms with Crippen molar-refractivity contribution in [2.75, 3.05) is 20.1 Å². The molecule has 3 N–H and O–H groups in total. The third-order valence-electron chi connectivity index (χ3n) is 3.62. The fourth-order valence-corrected chi connectivity index (χ4v) is 2.43. The van der Waals surface area contributed by atoms with Crippen LogP contribution in [0.15, 0.2) is 29.4 Å². The number of rotatable bonds is 5. The summed E-state index contributed by atoms with van der Waals surface area (Å²) < 4.78 is 36.4. The lowest BCUT2D eigenvalue weighted by atomic mass is 10.1. The number of guanidine groups is 1. The highest BCUT2D eigenvalue weighted by molar-refractivity contribution is 5.86. The van der Waals surface area contributed by atoms with Gasteiger partial charge in [0.15, 0.2) is 5.96 Å². The molecule has 126 valence electrons. The second kappa shape index (κ2) is 7.39. The molecule has 0 unspecified atom stereocenters. The molecule has 23 heavy (non-hydrogen) atoms. The first-order valence-electron chi connectivity index (χ1n) is 7.47. The summed E-state index contributed by atoms with van der Waals surface area (Å²) in [5.41, 5.74) is 3.48. The van der Waals surface area contributed by atoms with E-state index >= 15 is 0 Å². The summed E-state index contributed by atoms with van der Waals surface area (Å²) in [4.78, 5) is 7.18. The van der Waals surface area contributed by atoms with Gasteiger partial charge in [0, 0.05) is 37.2 Å². The minimum Gasteiger partial charge on any atom is -0.361 e. The maximum absolute atomic E-state index is 12.1. The smallest absolute Gasteiger partial charge is 0.361 e. The van der Waals surface area contributed by atoms with E-state index in [0.717, 1.165) is 11.9 Å². The van der Waals surface area contributed by atoms with Crippen LogP contribution in [0.25, 0.3) is 10.9 Å². The topological polar surface area (TPSA) is 52.2 Å². The highest BCUT2D eigenvalue weighted by Gasteiger charge is 2.26. The summed E-state index contributed by atoms with van der Waals surface area (Å²) in [7, 11) is 1.54. The van der Waals surface area contributed by atoms with E-state index < -0.39 is 12.6 Å². The number of alkyl halides is 3. The minimum absolute atomic E-state index is 0.185. The number of H-pyrrole nitrogens is 1. The van der Waals surface area contributed by atoms with Crippen molar-refractivity contribution in [3.63, 3.8) is 0 Å². The number of para-hydroxylation sites is 1. The first-order valence-corrected chi connectivity index (χ1v) is 7.47. The number of aromatic amines is 1. The van der Waals surface area contributed by atoms with Crippen molar-refractivity contribution in [2.45, 2.75) is 25.9 Å². The van der Waals surface area contributed by atoms with Gasteiger partial charge in [-0.2, -0.15) is 13.2 Å². The third kappa shape index (κ3) is 4.91. The Bertz CT molecular complexity index is 674. The molecule has 2 aromatic rings. The van der Waals surface area contributed by atoms with E-state index in [2.05, 4.69) is 26.7 Å². The molecular formula is C16H21F3N4. The average molecular weight is 326 g/mol. The maximum Gasteiger partial charge on any atom is 0.390 e. The van der Waals surface area contributed by atoms with E-state index in [1.165, 1.54) is 23.6 Å². The first kappa shape index (κ1) is 17.2. The van der Waals surface area contributed by atoms with Crippen LogP contribution in [0.4, 0.5) is 13.2 Å². The van der Waals surface area contributed by atoms with E-state index in [-0.39, 0.29) is 6.54 Å². The van der Waals surface area contributed by atoms with Gasteiger partial charge in [-0.3, -0.25) is 4.99 Å². The van der Waals surface area contributed by atoms with E-state index in [9.17, 15) is 13.2 Å². The molecule has 0 radical (unpaired) electrons. The van der Waals surface area contributed by atoms with Gasteiger partial charge in [-0.15, -0.1) is 0 Å². The van der Waals surface area contributed by atoms with Crippen LogP contribution in [0, 0.1) is 6.92 Å². The van der Waals surface area contributed by atoms with Crippen molar-refractivity contribution in [3.05, 3.63) is 35.5 Å². The SMILES string of the molecule is CN=C(NCCc1c[nH]c2c(C)cccc12)NCCC(F)(F)F. The highest BCUT2D eigenvalue weighted by Crippen LogP contribution is 2.21. The van der Waals surface area contributed by atoms with Crippen molar-refractivity contribution in [3.8, 4) is 0 Å². The van der Waals surface area contributed by atoms with Gasteiger partial charge in [0.05, 0.1) is 6.42 Å². The van der Waals surface area contributed by atoms with Crippen LogP contribution in [0.2, 0.25) is 0 Å². The third-order valence-corrected chi connectivity index (χ3v) is 3.62. The number of halogens is 3. The van der Waals surface area contributed by atoms with E-state index in [4.69, 9.17) is 0 Å². The Hall–Kier alpha value is -2.18. The molecule has 0 aliphatic carbocycles. The zero-order valence-corrected chi connectivity index (χ0v) is 13.2. The predicted octanol–water partition coefficient (Wildman–Crippen LogP) is 3.14. The van der Waals surface area contributed by atoms with Gasteiger partial charge < -0.3 is 15.6 Å². The van der Waals surface area contributed by atoms with Crippen LogP contribution in [-0.4, -0.2) is 37.3 Å². The number of fused-ring (bicyclic) bond motifs is 1. The molecule has 0 saturated heterocycles. The largest absolute Gasteiger partial charge is 0.390 e. The summed E-state index contributed by atoms with van der Waals surface area (Å²) >= 11 is 0. The van der Waals surface area contributed by atoms with Crippen molar-refractivity contribution < 1.29 is 13.2 Å². The quantitative estimate of drug-likeness (QED) is 0.584. The van der Waals surface area contributed by atoms with Crippen LogP contribution in [0.3, 0.4) is 0 Å². The number of nitrogens with one attached hydrogen (secondary N) is 3. The molecule has 0 aliphatic rings. The first-order chi connectivity index (χ1) is 10.9. The molecule has 2 rings (SSSR count). The van der Waals surface area contributed by atoms with Gasteiger partial charge in [-0.1, -0.05) is 18.2 Å². The molecule has 0 amide bonds. The number of hydrogen-bond donors (Lipinski definition) is 3. The molecule has 1 aromatic heterocycles. The minimum atomic E-state index is -4.16. The molecule has 0 fully saturated rings. The number of benzene rings is 1. The molecule has 7 heteroatoms. The summed E-state index contributed by atoms with van der Waals surface area (Å²) in [6.45, 7) is 2.45. The lowest BCUT2D eigenvalue weighted by Crippen LogP contribution is -2.39. The Balaban J connectivity index is 1.84. The molecule has 0 bridgehead atoms. The lowest BCUT2D eigenvalue weighted by molar-refractivity contribution is -0.132. The molecule has 1 heterocycles. The molecule has 1 aromatic carbocycles. The van der Waals surface area contributed by atoms with Gasteiger partial charge >= 0.3 is 6.18 Å². The summed E-state index contributed by atoms with van der Waals surface area (Å²) in [5.74, 6) is 0.380. The number of hydrogen-bond acceptors (Lipinski definition) is 1. The lowest BCUT2D eigenvalue weighted by Gasteiger charge is -2.12.